The Hall–Kier alpha value is -5.35. The van der Waals surface area contributed by atoms with E-state index in [0.29, 0.717) is 35.8 Å². The van der Waals surface area contributed by atoms with Gasteiger partial charge < -0.3 is 19.7 Å². The molecular formula is C42H32Br2N4NiO4. The van der Waals surface area contributed by atoms with Gasteiger partial charge in [-0.15, -0.1) is 0 Å². The van der Waals surface area contributed by atoms with Gasteiger partial charge in [-0.1, -0.05) is 141 Å². The van der Waals surface area contributed by atoms with Crippen molar-refractivity contribution < 1.29 is 36.2 Å². The van der Waals surface area contributed by atoms with Gasteiger partial charge in [-0.05, 0) is 81.9 Å². The van der Waals surface area contributed by atoms with Crippen LogP contribution in [0.1, 0.15) is 33.4 Å². The summed E-state index contributed by atoms with van der Waals surface area (Å²) in [6.45, 7) is 0.964. The second kappa shape index (κ2) is 21.9. The summed E-state index contributed by atoms with van der Waals surface area (Å²) in [6.07, 6.45) is 3.09. The summed E-state index contributed by atoms with van der Waals surface area (Å²) < 4.78 is 13.4. The van der Waals surface area contributed by atoms with E-state index in [1.54, 1.807) is 61.0 Å². The monoisotopic (exact) mass is 872 g/mol. The average Bonchev–Trinajstić information content (AvgIpc) is 3.19. The normalized spacial score (nSPS) is 11.4. The minimum absolute atomic E-state index is 0. The van der Waals surface area contributed by atoms with Gasteiger partial charge in [-0.3, -0.25) is 0 Å². The summed E-state index contributed by atoms with van der Waals surface area (Å²) >= 11 is 6.73. The number of halogens is 2. The molecule has 53 heavy (non-hydrogen) atoms. The second-order valence-electron chi connectivity index (χ2n) is 11.0. The van der Waals surface area contributed by atoms with E-state index in [2.05, 4.69) is 52.3 Å². The zero-order valence-electron chi connectivity index (χ0n) is 28.1. The van der Waals surface area contributed by atoms with Gasteiger partial charge in [0.05, 0.1) is 12.4 Å². The molecule has 6 aromatic rings. The number of benzene rings is 6. The molecule has 0 aromatic heterocycles. The summed E-state index contributed by atoms with van der Waals surface area (Å²) in [6, 6.07) is 48.7. The van der Waals surface area contributed by atoms with Crippen molar-refractivity contribution in [2.45, 2.75) is 13.2 Å². The van der Waals surface area contributed by atoms with Crippen LogP contribution in [0.3, 0.4) is 0 Å². The van der Waals surface area contributed by atoms with Gasteiger partial charge >= 0.3 is 16.5 Å². The van der Waals surface area contributed by atoms with Crippen molar-refractivity contribution in [1.82, 2.24) is 0 Å². The fourth-order valence-electron chi connectivity index (χ4n) is 4.38. The van der Waals surface area contributed by atoms with E-state index in [0.717, 1.165) is 31.2 Å². The molecule has 0 aliphatic heterocycles. The molecule has 0 bridgehead atoms. The maximum atomic E-state index is 12.1. The zero-order chi connectivity index (χ0) is 36.4. The van der Waals surface area contributed by atoms with Crippen LogP contribution < -0.4 is 19.7 Å². The van der Waals surface area contributed by atoms with Gasteiger partial charge in [0.15, 0.2) is 0 Å². The van der Waals surface area contributed by atoms with Crippen molar-refractivity contribution in [2.24, 2.45) is 20.4 Å². The number of rotatable bonds is 12. The van der Waals surface area contributed by atoms with Gasteiger partial charge in [0, 0.05) is 20.7 Å². The minimum Gasteiger partial charge on any atom is -0.857 e. The third-order valence-corrected chi connectivity index (χ3v) is 8.21. The van der Waals surface area contributed by atoms with Crippen molar-refractivity contribution in [3.8, 4) is 11.5 Å². The molecule has 268 valence electrons. The predicted octanol–water partition coefficient (Wildman–Crippen LogP) is 8.34. The largest absolute Gasteiger partial charge is 2.00 e. The predicted molar refractivity (Wildman–Crippen MR) is 211 cm³/mol. The molecule has 6 rings (SSSR count). The summed E-state index contributed by atoms with van der Waals surface area (Å²) in [7, 11) is 0. The number of hydrogen-bond acceptors (Lipinski definition) is 8. The topological polar surface area (TPSA) is 114 Å². The molecule has 6 aromatic carbocycles. The average molecular weight is 875 g/mol. The van der Waals surface area contributed by atoms with Crippen molar-refractivity contribution in [1.29, 1.82) is 0 Å². The van der Waals surface area contributed by atoms with Crippen molar-refractivity contribution in [2.75, 3.05) is 0 Å². The van der Waals surface area contributed by atoms with Crippen LogP contribution in [0, 0.1) is 0 Å². The molecular weight excluding hydrogens is 843 g/mol. The Morgan fingerprint density at radius 3 is 1.15 bits per heavy atom. The van der Waals surface area contributed by atoms with E-state index < -0.39 is 11.8 Å². The van der Waals surface area contributed by atoms with Crippen LogP contribution in [0.15, 0.2) is 187 Å². The maximum Gasteiger partial charge on any atom is 2.00 e. The van der Waals surface area contributed by atoms with E-state index in [-0.39, 0.29) is 16.5 Å². The summed E-state index contributed by atoms with van der Waals surface area (Å²) in [5.41, 5.74) is 4.84. The first-order chi connectivity index (χ1) is 25.4. The molecule has 0 heterocycles. The first-order valence-corrected chi connectivity index (χ1v) is 17.6. The molecule has 0 unspecified atom stereocenters. The zero-order valence-corrected chi connectivity index (χ0v) is 32.2. The van der Waals surface area contributed by atoms with Gasteiger partial charge in [-0.2, -0.15) is 20.4 Å². The minimum atomic E-state index is -0.395. The van der Waals surface area contributed by atoms with Gasteiger partial charge in [0.1, 0.15) is 24.7 Å². The standard InChI is InChI=1S/2C21H17BrN2O2.Ni/c2*22-19-10-6-16(7-11-19)14-23-24-21(25)18-8-12-20(13-9-18)26-15-17-4-2-1-3-5-17;/h2*1-14H,15H2,(H,24,25);/q;;+2/p-2/b2*23-14-;. The quantitative estimate of drug-likeness (QED) is 0.0533. The molecule has 8 nitrogen and oxygen atoms in total. The maximum absolute atomic E-state index is 12.1. The molecule has 0 atom stereocenters. The van der Waals surface area contributed by atoms with Crippen molar-refractivity contribution in [3.63, 3.8) is 0 Å². The van der Waals surface area contributed by atoms with E-state index in [4.69, 9.17) is 9.47 Å². The van der Waals surface area contributed by atoms with Crippen LogP contribution in [0.4, 0.5) is 0 Å². The molecule has 0 spiro atoms. The van der Waals surface area contributed by atoms with Gasteiger partial charge in [-0.25, -0.2) is 0 Å². The number of hydrogen-bond donors (Lipinski definition) is 0. The molecule has 11 heteroatoms. The third kappa shape index (κ3) is 14.3. The van der Waals surface area contributed by atoms with E-state index >= 15 is 0 Å². The van der Waals surface area contributed by atoms with Crippen LogP contribution in [0.5, 0.6) is 11.5 Å². The number of nitrogens with zero attached hydrogens (tertiary/aromatic N) is 4. The van der Waals surface area contributed by atoms with Gasteiger partial charge in [0.25, 0.3) is 0 Å². The van der Waals surface area contributed by atoms with E-state index in [9.17, 15) is 10.2 Å². The molecule has 0 radical (unpaired) electrons. The Labute approximate surface area is 335 Å². The molecule has 0 N–H and O–H groups in total. The molecule has 0 saturated heterocycles. The SMILES string of the molecule is [Ni+2].[O-]/C(=N\N=C/c1ccc(Br)cc1)c1ccc(OCc2ccccc2)cc1.[O-]/C(=N\N=C/c1ccc(Br)cc1)c1ccc(OCc2ccccc2)cc1. The molecule has 0 saturated carbocycles. The Kier molecular flexibility index (Phi) is 16.7. The molecule has 0 fully saturated rings. The first-order valence-electron chi connectivity index (χ1n) is 16.0. The van der Waals surface area contributed by atoms with Gasteiger partial charge in [0.2, 0.25) is 0 Å². The smallest absolute Gasteiger partial charge is 0.857 e. The van der Waals surface area contributed by atoms with Crippen LogP contribution in [0.25, 0.3) is 0 Å². The van der Waals surface area contributed by atoms with Crippen LogP contribution in [0.2, 0.25) is 0 Å². The second-order valence-corrected chi connectivity index (χ2v) is 12.8. The fourth-order valence-corrected chi connectivity index (χ4v) is 4.91. The molecule has 0 aliphatic rings. The van der Waals surface area contributed by atoms with E-state index in [1.165, 1.54) is 0 Å². The first kappa shape index (κ1) is 40.4. The van der Waals surface area contributed by atoms with Crippen LogP contribution in [-0.2, 0) is 29.7 Å². The van der Waals surface area contributed by atoms with Crippen LogP contribution in [-0.4, -0.2) is 24.2 Å². The Morgan fingerprint density at radius 2 is 0.811 bits per heavy atom. The number of ether oxygens (including phenoxy) is 2. The third-order valence-electron chi connectivity index (χ3n) is 7.15. The van der Waals surface area contributed by atoms with Crippen LogP contribution >= 0.6 is 31.9 Å². The van der Waals surface area contributed by atoms with Crippen molar-refractivity contribution in [3.05, 3.63) is 200 Å². The molecule has 0 amide bonds. The van der Waals surface area contributed by atoms with Crippen molar-refractivity contribution >= 4 is 56.1 Å². The fraction of sp³-hybridized carbons (Fsp3) is 0.0476. The van der Waals surface area contributed by atoms with E-state index in [1.807, 2.05) is 109 Å². The summed E-state index contributed by atoms with van der Waals surface area (Å²) in [5, 5.41) is 39.2. The Balaban J connectivity index is 0.000000232. The molecule has 0 aliphatic carbocycles. The Morgan fingerprint density at radius 1 is 0.472 bits per heavy atom. The summed E-state index contributed by atoms with van der Waals surface area (Å²) in [4.78, 5) is 0. The summed E-state index contributed by atoms with van der Waals surface area (Å²) in [5.74, 6) is 0.605. The Bertz CT molecular complexity index is 1940.